The SMILES string of the molecule is CCN(CC)C(=O)O.CCON(C)C. The van der Waals surface area contributed by atoms with E-state index in [1.165, 1.54) is 4.90 Å². The Balaban J connectivity index is 0. The van der Waals surface area contributed by atoms with Gasteiger partial charge in [0.15, 0.2) is 0 Å². The number of hydrogen-bond acceptors (Lipinski definition) is 3. The van der Waals surface area contributed by atoms with E-state index in [-0.39, 0.29) is 0 Å². The van der Waals surface area contributed by atoms with Gasteiger partial charge in [-0.3, -0.25) is 4.84 Å². The van der Waals surface area contributed by atoms with Gasteiger partial charge in [0.25, 0.3) is 0 Å². The molecule has 14 heavy (non-hydrogen) atoms. The van der Waals surface area contributed by atoms with Crippen LogP contribution >= 0.6 is 0 Å². The summed E-state index contributed by atoms with van der Waals surface area (Å²) in [6.07, 6.45) is -0.838. The van der Waals surface area contributed by atoms with E-state index in [4.69, 9.17) is 9.94 Å². The first-order chi connectivity index (χ1) is 6.49. The first kappa shape index (κ1) is 15.7. The van der Waals surface area contributed by atoms with Crippen LogP contribution in [0.15, 0.2) is 0 Å². The summed E-state index contributed by atoms with van der Waals surface area (Å²) in [4.78, 5) is 16.3. The summed E-state index contributed by atoms with van der Waals surface area (Å²) in [5.41, 5.74) is 0. The molecule has 0 bridgehead atoms. The molecule has 0 spiro atoms. The largest absolute Gasteiger partial charge is 0.465 e. The average Bonchev–Trinajstić information content (AvgIpc) is 2.06. The highest BCUT2D eigenvalue weighted by atomic mass is 16.7. The molecule has 0 atom stereocenters. The molecule has 0 saturated carbocycles. The molecule has 5 heteroatoms. The lowest BCUT2D eigenvalue weighted by molar-refractivity contribution is -0.113. The maximum Gasteiger partial charge on any atom is 0.407 e. The van der Waals surface area contributed by atoms with Crippen LogP contribution in [0, 0.1) is 0 Å². The smallest absolute Gasteiger partial charge is 0.407 e. The monoisotopic (exact) mass is 206 g/mol. The summed E-state index contributed by atoms with van der Waals surface area (Å²) in [5, 5.41) is 9.98. The number of amides is 1. The van der Waals surface area contributed by atoms with Gasteiger partial charge in [0, 0.05) is 27.2 Å². The summed E-state index contributed by atoms with van der Waals surface area (Å²) in [7, 11) is 3.73. The fourth-order valence-electron chi connectivity index (χ4n) is 0.752. The van der Waals surface area contributed by atoms with Crippen LogP contribution in [0.25, 0.3) is 0 Å². The van der Waals surface area contributed by atoms with Crippen molar-refractivity contribution in [1.82, 2.24) is 9.96 Å². The molecule has 86 valence electrons. The van der Waals surface area contributed by atoms with Crippen LogP contribution in [0.5, 0.6) is 0 Å². The van der Waals surface area contributed by atoms with Gasteiger partial charge < -0.3 is 10.0 Å². The van der Waals surface area contributed by atoms with E-state index in [1.807, 2.05) is 34.9 Å². The molecule has 5 nitrogen and oxygen atoms in total. The number of hydrogen-bond donors (Lipinski definition) is 1. The molecule has 1 amide bonds. The number of nitrogens with zero attached hydrogens (tertiary/aromatic N) is 2. The van der Waals surface area contributed by atoms with Crippen LogP contribution in [-0.2, 0) is 4.84 Å². The van der Waals surface area contributed by atoms with Crippen molar-refractivity contribution in [3.05, 3.63) is 0 Å². The van der Waals surface area contributed by atoms with Crippen LogP contribution in [-0.4, -0.2) is 55.0 Å². The van der Waals surface area contributed by atoms with Gasteiger partial charge in [0.05, 0.1) is 6.61 Å². The zero-order chi connectivity index (χ0) is 11.6. The van der Waals surface area contributed by atoms with Gasteiger partial charge in [-0.05, 0) is 20.8 Å². The van der Waals surface area contributed by atoms with E-state index in [9.17, 15) is 4.79 Å². The van der Waals surface area contributed by atoms with Crippen molar-refractivity contribution < 1.29 is 14.7 Å². The minimum Gasteiger partial charge on any atom is -0.465 e. The topological polar surface area (TPSA) is 53.0 Å². The second kappa shape index (κ2) is 10.3. The predicted molar refractivity (Wildman–Crippen MR) is 56.3 cm³/mol. The molecular formula is C9H22N2O3. The average molecular weight is 206 g/mol. The summed E-state index contributed by atoms with van der Waals surface area (Å²) in [6.45, 7) is 7.50. The molecule has 0 saturated heterocycles. The Labute approximate surface area is 86.2 Å². The van der Waals surface area contributed by atoms with Crippen LogP contribution < -0.4 is 0 Å². The molecule has 0 radical (unpaired) electrons. The molecule has 0 aliphatic carbocycles. The molecular weight excluding hydrogens is 184 g/mol. The third-order valence-electron chi connectivity index (χ3n) is 1.42. The van der Waals surface area contributed by atoms with Crippen molar-refractivity contribution in [1.29, 1.82) is 0 Å². The molecule has 0 aromatic heterocycles. The molecule has 0 aliphatic heterocycles. The summed E-state index contributed by atoms with van der Waals surface area (Å²) in [5.74, 6) is 0. The normalized spacial score (nSPS) is 9.29. The molecule has 0 aromatic carbocycles. The quantitative estimate of drug-likeness (QED) is 0.708. The Bertz CT molecular complexity index is 136. The third-order valence-corrected chi connectivity index (χ3v) is 1.42. The van der Waals surface area contributed by atoms with Gasteiger partial charge in [-0.1, -0.05) is 0 Å². The fourth-order valence-corrected chi connectivity index (χ4v) is 0.752. The first-order valence-corrected chi connectivity index (χ1v) is 4.77. The summed E-state index contributed by atoms with van der Waals surface area (Å²) >= 11 is 0. The number of hydroxylamine groups is 2. The van der Waals surface area contributed by atoms with E-state index in [0.29, 0.717) is 13.1 Å². The predicted octanol–water partition coefficient (Wildman–Crippen LogP) is 1.51. The Hall–Kier alpha value is -0.810. The maximum absolute atomic E-state index is 10.1. The second-order valence-corrected chi connectivity index (χ2v) is 2.69. The van der Waals surface area contributed by atoms with E-state index in [2.05, 4.69) is 0 Å². The lowest BCUT2D eigenvalue weighted by Crippen LogP contribution is -2.28. The van der Waals surface area contributed by atoms with Gasteiger partial charge in [0.1, 0.15) is 0 Å². The van der Waals surface area contributed by atoms with Gasteiger partial charge in [0.2, 0.25) is 0 Å². The van der Waals surface area contributed by atoms with Crippen molar-refractivity contribution in [2.45, 2.75) is 20.8 Å². The Kier molecular flexibility index (Phi) is 11.5. The zero-order valence-corrected chi connectivity index (χ0v) is 9.78. The van der Waals surface area contributed by atoms with Crippen molar-refractivity contribution >= 4 is 6.09 Å². The van der Waals surface area contributed by atoms with Crippen molar-refractivity contribution in [3.8, 4) is 0 Å². The highest BCUT2D eigenvalue weighted by Crippen LogP contribution is 1.84. The second-order valence-electron chi connectivity index (χ2n) is 2.69. The molecule has 1 N–H and O–H groups in total. The minimum atomic E-state index is -0.838. The lowest BCUT2D eigenvalue weighted by Gasteiger charge is -2.12. The molecule has 0 aromatic rings. The highest BCUT2D eigenvalue weighted by molar-refractivity contribution is 5.64. The van der Waals surface area contributed by atoms with E-state index >= 15 is 0 Å². The zero-order valence-electron chi connectivity index (χ0n) is 9.78. The van der Waals surface area contributed by atoms with Crippen molar-refractivity contribution in [3.63, 3.8) is 0 Å². The third kappa shape index (κ3) is 11.2. The molecule has 0 aliphatic rings. The van der Waals surface area contributed by atoms with Crippen molar-refractivity contribution in [2.75, 3.05) is 33.8 Å². The van der Waals surface area contributed by atoms with Crippen LogP contribution in [0.4, 0.5) is 4.79 Å². The highest BCUT2D eigenvalue weighted by Gasteiger charge is 2.02. The van der Waals surface area contributed by atoms with E-state index in [0.717, 1.165) is 6.61 Å². The standard InChI is InChI=1S/C5H11NO2.C4H11NO/c1-3-6(4-2)5(7)8;1-4-6-5(2)3/h3-4H2,1-2H3,(H,7,8);4H2,1-3H3. The Morgan fingerprint density at radius 1 is 1.21 bits per heavy atom. The molecule has 0 heterocycles. The fraction of sp³-hybridized carbons (Fsp3) is 0.889. The van der Waals surface area contributed by atoms with Crippen LogP contribution in [0.3, 0.4) is 0 Å². The van der Waals surface area contributed by atoms with Gasteiger partial charge in [-0.15, -0.1) is 0 Å². The number of carboxylic acid groups (broad SMARTS) is 1. The lowest BCUT2D eigenvalue weighted by atomic mass is 10.6. The first-order valence-electron chi connectivity index (χ1n) is 4.77. The summed E-state index contributed by atoms with van der Waals surface area (Å²) < 4.78 is 0. The van der Waals surface area contributed by atoms with E-state index in [1.54, 1.807) is 5.06 Å². The van der Waals surface area contributed by atoms with Gasteiger partial charge in [-0.25, -0.2) is 4.79 Å². The van der Waals surface area contributed by atoms with Gasteiger partial charge in [-0.2, -0.15) is 5.06 Å². The molecule has 0 fully saturated rings. The minimum absolute atomic E-state index is 0.575. The number of rotatable bonds is 4. The van der Waals surface area contributed by atoms with Gasteiger partial charge >= 0.3 is 6.09 Å². The Morgan fingerprint density at radius 3 is 1.64 bits per heavy atom. The van der Waals surface area contributed by atoms with Crippen molar-refractivity contribution in [2.24, 2.45) is 0 Å². The summed E-state index contributed by atoms with van der Waals surface area (Å²) in [6, 6.07) is 0. The van der Waals surface area contributed by atoms with Crippen LogP contribution in [0.2, 0.25) is 0 Å². The van der Waals surface area contributed by atoms with E-state index < -0.39 is 6.09 Å². The molecule has 0 unspecified atom stereocenters. The number of carbonyl (C=O) groups is 1. The molecule has 0 rings (SSSR count). The Morgan fingerprint density at radius 2 is 1.64 bits per heavy atom. The van der Waals surface area contributed by atoms with Crippen LogP contribution in [0.1, 0.15) is 20.8 Å². The maximum atomic E-state index is 10.1.